The van der Waals surface area contributed by atoms with E-state index < -0.39 is 0 Å². The van der Waals surface area contributed by atoms with E-state index in [4.69, 9.17) is 0 Å². The molecule has 2 aromatic heterocycles. The van der Waals surface area contributed by atoms with Gasteiger partial charge < -0.3 is 5.32 Å². The molecule has 5 heteroatoms. The highest BCUT2D eigenvalue weighted by atomic mass is 32.1. The van der Waals surface area contributed by atoms with Gasteiger partial charge in [0.15, 0.2) is 0 Å². The maximum atomic E-state index is 4.53. The van der Waals surface area contributed by atoms with E-state index >= 15 is 0 Å². The zero-order valence-corrected chi connectivity index (χ0v) is 12.0. The van der Waals surface area contributed by atoms with E-state index in [0.717, 1.165) is 30.8 Å². The molecule has 0 aliphatic heterocycles. The Kier molecular flexibility index (Phi) is 4.49. The average molecular weight is 264 g/mol. The summed E-state index contributed by atoms with van der Waals surface area (Å²) in [6.45, 7) is 5.15. The molecule has 0 aliphatic carbocycles. The van der Waals surface area contributed by atoms with Crippen LogP contribution in [0.25, 0.3) is 0 Å². The minimum Gasteiger partial charge on any atom is -0.313 e. The molecule has 0 saturated heterocycles. The Hall–Kier alpha value is -1.20. The number of aromatic nitrogens is 3. The lowest BCUT2D eigenvalue weighted by molar-refractivity contribution is 0.512. The summed E-state index contributed by atoms with van der Waals surface area (Å²) in [5.74, 6) is 0. The van der Waals surface area contributed by atoms with Crippen LogP contribution < -0.4 is 5.32 Å². The zero-order valence-electron chi connectivity index (χ0n) is 11.2. The molecule has 1 unspecified atom stereocenters. The summed E-state index contributed by atoms with van der Waals surface area (Å²) < 4.78 is 1.85. The Balaban J connectivity index is 1.99. The summed E-state index contributed by atoms with van der Waals surface area (Å²) in [6.07, 6.45) is 3.92. The molecule has 0 bridgehead atoms. The molecule has 98 valence electrons. The van der Waals surface area contributed by atoms with Crippen molar-refractivity contribution in [2.75, 3.05) is 6.54 Å². The fourth-order valence-corrected chi connectivity index (χ4v) is 2.89. The Labute approximate surface area is 112 Å². The highest BCUT2D eigenvalue weighted by molar-refractivity contribution is 7.09. The van der Waals surface area contributed by atoms with Crippen LogP contribution in [0.5, 0.6) is 0 Å². The molecular formula is C13H20N4S. The molecule has 0 aliphatic rings. The minimum atomic E-state index is 0.412. The third kappa shape index (κ3) is 3.65. The minimum absolute atomic E-state index is 0.412. The van der Waals surface area contributed by atoms with Crippen LogP contribution in [0.1, 0.15) is 23.3 Å². The molecule has 2 aromatic rings. The zero-order chi connectivity index (χ0) is 13.0. The Morgan fingerprint density at radius 2 is 2.28 bits per heavy atom. The lowest BCUT2D eigenvalue weighted by atomic mass is 10.1. The van der Waals surface area contributed by atoms with Gasteiger partial charge in [0.25, 0.3) is 0 Å². The van der Waals surface area contributed by atoms with Gasteiger partial charge in [-0.2, -0.15) is 5.10 Å². The van der Waals surface area contributed by atoms with E-state index in [1.165, 1.54) is 5.01 Å². The van der Waals surface area contributed by atoms with Crippen LogP contribution in [0.15, 0.2) is 17.6 Å². The fraction of sp³-hybridized carbons (Fsp3) is 0.538. The standard InChI is InChI=1S/C13H20N4S/c1-4-14-12(7-11-5-6-17(3)16-11)8-13-15-10(2)9-18-13/h5-6,9,12,14H,4,7-8H2,1-3H3. The summed E-state index contributed by atoms with van der Waals surface area (Å²) in [5.41, 5.74) is 2.25. The highest BCUT2D eigenvalue weighted by Crippen LogP contribution is 2.13. The van der Waals surface area contributed by atoms with Gasteiger partial charge in [-0.25, -0.2) is 4.98 Å². The number of rotatable bonds is 6. The van der Waals surface area contributed by atoms with Crippen molar-refractivity contribution in [2.24, 2.45) is 7.05 Å². The molecule has 2 rings (SSSR count). The number of nitrogens with one attached hydrogen (secondary N) is 1. The normalized spacial score (nSPS) is 12.8. The van der Waals surface area contributed by atoms with Crippen LogP contribution >= 0.6 is 11.3 Å². The average Bonchev–Trinajstić information content (AvgIpc) is 2.89. The predicted molar refractivity (Wildman–Crippen MR) is 74.9 cm³/mol. The molecule has 0 aromatic carbocycles. The molecule has 1 N–H and O–H groups in total. The van der Waals surface area contributed by atoms with E-state index in [-0.39, 0.29) is 0 Å². The number of nitrogens with zero attached hydrogens (tertiary/aromatic N) is 3. The van der Waals surface area contributed by atoms with Crippen molar-refractivity contribution in [1.82, 2.24) is 20.1 Å². The first-order valence-corrected chi connectivity index (χ1v) is 7.18. The first kappa shape index (κ1) is 13.2. The van der Waals surface area contributed by atoms with Gasteiger partial charge in [-0.3, -0.25) is 4.68 Å². The van der Waals surface area contributed by atoms with Gasteiger partial charge in [0.2, 0.25) is 0 Å². The SMILES string of the molecule is CCNC(Cc1ccn(C)n1)Cc1nc(C)cs1. The molecule has 0 spiro atoms. The highest BCUT2D eigenvalue weighted by Gasteiger charge is 2.13. The Morgan fingerprint density at radius 3 is 2.83 bits per heavy atom. The monoisotopic (exact) mass is 264 g/mol. The second-order valence-corrected chi connectivity index (χ2v) is 5.47. The Morgan fingerprint density at radius 1 is 1.44 bits per heavy atom. The van der Waals surface area contributed by atoms with Gasteiger partial charge in [0, 0.05) is 43.2 Å². The number of aryl methyl sites for hydroxylation is 2. The van der Waals surface area contributed by atoms with Crippen molar-refractivity contribution in [2.45, 2.75) is 32.7 Å². The van der Waals surface area contributed by atoms with Crippen molar-refractivity contribution < 1.29 is 0 Å². The van der Waals surface area contributed by atoms with Crippen molar-refractivity contribution in [1.29, 1.82) is 0 Å². The van der Waals surface area contributed by atoms with Crippen LogP contribution in [-0.4, -0.2) is 27.4 Å². The topological polar surface area (TPSA) is 42.7 Å². The van der Waals surface area contributed by atoms with Crippen molar-refractivity contribution >= 4 is 11.3 Å². The van der Waals surface area contributed by atoms with Gasteiger partial charge in [0.1, 0.15) is 0 Å². The van der Waals surface area contributed by atoms with Crippen LogP contribution in [-0.2, 0) is 19.9 Å². The lowest BCUT2D eigenvalue weighted by Gasteiger charge is -2.15. The predicted octanol–water partition coefficient (Wildman–Crippen LogP) is 1.95. The van der Waals surface area contributed by atoms with E-state index in [9.17, 15) is 0 Å². The number of hydrogen-bond acceptors (Lipinski definition) is 4. The number of hydrogen-bond donors (Lipinski definition) is 1. The first-order chi connectivity index (χ1) is 8.67. The van der Waals surface area contributed by atoms with Crippen LogP contribution in [0.4, 0.5) is 0 Å². The van der Waals surface area contributed by atoms with Crippen molar-refractivity contribution in [3.63, 3.8) is 0 Å². The maximum Gasteiger partial charge on any atom is 0.0943 e. The van der Waals surface area contributed by atoms with Crippen molar-refractivity contribution in [3.8, 4) is 0 Å². The molecule has 0 fully saturated rings. The van der Waals surface area contributed by atoms with E-state index in [2.05, 4.69) is 33.8 Å². The molecule has 4 nitrogen and oxygen atoms in total. The molecule has 2 heterocycles. The molecular weight excluding hydrogens is 244 g/mol. The molecule has 0 amide bonds. The molecule has 18 heavy (non-hydrogen) atoms. The van der Waals surface area contributed by atoms with Crippen molar-refractivity contribution in [3.05, 3.63) is 34.0 Å². The summed E-state index contributed by atoms with van der Waals surface area (Å²) >= 11 is 1.74. The van der Waals surface area contributed by atoms with Gasteiger partial charge >= 0.3 is 0 Å². The van der Waals surface area contributed by atoms with Gasteiger partial charge in [-0.05, 0) is 19.5 Å². The summed E-state index contributed by atoms with van der Waals surface area (Å²) in [5, 5.41) is 11.3. The first-order valence-electron chi connectivity index (χ1n) is 6.30. The lowest BCUT2D eigenvalue weighted by Crippen LogP contribution is -2.33. The molecule has 1 atom stereocenters. The van der Waals surface area contributed by atoms with Gasteiger partial charge in [-0.15, -0.1) is 11.3 Å². The van der Waals surface area contributed by atoms with Crippen LogP contribution in [0, 0.1) is 6.92 Å². The quantitative estimate of drug-likeness (QED) is 0.867. The van der Waals surface area contributed by atoms with Gasteiger partial charge in [0.05, 0.1) is 10.7 Å². The van der Waals surface area contributed by atoms with E-state index in [1.807, 2.05) is 24.9 Å². The fourth-order valence-electron chi connectivity index (χ4n) is 2.04. The van der Waals surface area contributed by atoms with Crippen LogP contribution in [0.3, 0.4) is 0 Å². The smallest absolute Gasteiger partial charge is 0.0943 e. The Bertz CT molecular complexity index is 446. The third-order valence-electron chi connectivity index (χ3n) is 2.80. The second-order valence-electron chi connectivity index (χ2n) is 4.53. The van der Waals surface area contributed by atoms with Gasteiger partial charge in [-0.1, -0.05) is 6.92 Å². The molecule has 0 radical (unpaired) electrons. The number of thiazole rings is 1. The summed E-state index contributed by atoms with van der Waals surface area (Å²) in [7, 11) is 1.95. The van der Waals surface area contributed by atoms with E-state index in [1.54, 1.807) is 11.3 Å². The molecule has 0 saturated carbocycles. The third-order valence-corrected chi connectivity index (χ3v) is 3.79. The maximum absolute atomic E-state index is 4.53. The van der Waals surface area contributed by atoms with E-state index in [0.29, 0.717) is 6.04 Å². The number of likely N-dealkylation sites (N-methyl/N-ethyl adjacent to an activating group) is 1. The van der Waals surface area contributed by atoms with Crippen LogP contribution in [0.2, 0.25) is 0 Å². The summed E-state index contributed by atoms with van der Waals surface area (Å²) in [6, 6.07) is 2.49. The second kappa shape index (κ2) is 6.11. The summed E-state index contributed by atoms with van der Waals surface area (Å²) in [4.78, 5) is 4.53. The largest absolute Gasteiger partial charge is 0.313 e.